The normalized spacial score (nSPS) is 12.6. The molecular formula is C17H25NO4S. The van der Waals surface area contributed by atoms with Crippen molar-refractivity contribution in [3.63, 3.8) is 0 Å². The van der Waals surface area contributed by atoms with Crippen molar-refractivity contribution in [2.45, 2.75) is 50.7 Å². The molecule has 2 N–H and O–H groups in total. The van der Waals surface area contributed by atoms with E-state index in [0.29, 0.717) is 5.56 Å². The minimum atomic E-state index is -0.847. The Bertz CT molecular complexity index is 522. The number of carbonyl (C=O) groups excluding carboxylic acids is 2. The molecule has 0 saturated carbocycles. The summed E-state index contributed by atoms with van der Waals surface area (Å²) in [5.41, 5.74) is 0.0393. The highest BCUT2D eigenvalue weighted by Crippen LogP contribution is 2.19. The highest BCUT2D eigenvalue weighted by atomic mass is 32.2. The van der Waals surface area contributed by atoms with Crippen LogP contribution in [-0.2, 0) is 9.53 Å². The highest BCUT2D eigenvalue weighted by molar-refractivity contribution is 7.99. The third kappa shape index (κ3) is 7.52. The number of hydrogen-bond donors (Lipinski definition) is 2. The molecule has 0 unspecified atom stereocenters. The van der Waals surface area contributed by atoms with Crippen LogP contribution in [0.15, 0.2) is 29.2 Å². The molecule has 1 atom stereocenters. The number of hydrogen-bond acceptors (Lipinski definition) is 5. The molecule has 0 radical (unpaired) electrons. The Hall–Kier alpha value is -1.53. The van der Waals surface area contributed by atoms with Gasteiger partial charge in [-0.1, -0.05) is 0 Å². The van der Waals surface area contributed by atoms with Gasteiger partial charge in [0.2, 0.25) is 0 Å². The zero-order valence-corrected chi connectivity index (χ0v) is 14.9. The van der Waals surface area contributed by atoms with E-state index in [-0.39, 0.29) is 18.1 Å². The SMILES string of the molecule is C[C@H](OC(=O)c1ccc(SCCCO)cc1)C(=O)NC(C)(C)C. The van der Waals surface area contributed by atoms with Gasteiger partial charge in [-0.3, -0.25) is 4.79 Å². The minimum absolute atomic E-state index is 0.173. The lowest BCUT2D eigenvalue weighted by Gasteiger charge is -2.23. The topological polar surface area (TPSA) is 75.6 Å². The molecule has 0 aliphatic heterocycles. The molecule has 1 amide bonds. The Balaban J connectivity index is 2.55. The molecular weight excluding hydrogens is 314 g/mol. The summed E-state index contributed by atoms with van der Waals surface area (Å²) in [6.45, 7) is 7.33. The van der Waals surface area contributed by atoms with Crippen molar-refractivity contribution in [2.24, 2.45) is 0 Å². The first-order valence-electron chi connectivity index (χ1n) is 7.59. The van der Waals surface area contributed by atoms with Gasteiger partial charge in [0.25, 0.3) is 5.91 Å². The van der Waals surface area contributed by atoms with Crippen LogP contribution in [0, 0.1) is 0 Å². The van der Waals surface area contributed by atoms with E-state index in [1.807, 2.05) is 32.9 Å². The minimum Gasteiger partial charge on any atom is -0.449 e. The van der Waals surface area contributed by atoms with Crippen molar-refractivity contribution in [2.75, 3.05) is 12.4 Å². The van der Waals surface area contributed by atoms with Crippen LogP contribution in [0.3, 0.4) is 0 Å². The van der Waals surface area contributed by atoms with Crippen LogP contribution in [0.25, 0.3) is 0 Å². The van der Waals surface area contributed by atoms with E-state index >= 15 is 0 Å². The van der Waals surface area contributed by atoms with Crippen LogP contribution in [0.5, 0.6) is 0 Å². The fraction of sp³-hybridized carbons (Fsp3) is 0.529. The van der Waals surface area contributed by atoms with E-state index in [2.05, 4.69) is 5.32 Å². The predicted molar refractivity (Wildman–Crippen MR) is 91.6 cm³/mol. The summed E-state index contributed by atoms with van der Waals surface area (Å²) >= 11 is 1.61. The number of nitrogens with one attached hydrogen (secondary N) is 1. The van der Waals surface area contributed by atoms with Crippen LogP contribution in [0.4, 0.5) is 0 Å². The van der Waals surface area contributed by atoms with Crippen LogP contribution in [-0.4, -0.2) is 41.0 Å². The first-order chi connectivity index (χ1) is 10.7. The fourth-order valence-electron chi connectivity index (χ4n) is 1.70. The average Bonchev–Trinajstić information content (AvgIpc) is 2.46. The Morgan fingerprint density at radius 1 is 1.26 bits per heavy atom. The van der Waals surface area contributed by atoms with Crippen LogP contribution in [0.2, 0.25) is 0 Å². The first kappa shape index (κ1) is 19.5. The summed E-state index contributed by atoms with van der Waals surface area (Å²) in [6.07, 6.45) is -0.116. The Morgan fingerprint density at radius 3 is 2.39 bits per heavy atom. The maximum Gasteiger partial charge on any atom is 0.338 e. The smallest absolute Gasteiger partial charge is 0.338 e. The average molecular weight is 339 g/mol. The Labute approximate surface area is 141 Å². The third-order valence-electron chi connectivity index (χ3n) is 2.81. The second-order valence-corrected chi connectivity index (χ2v) is 7.41. The quantitative estimate of drug-likeness (QED) is 0.454. The zero-order valence-electron chi connectivity index (χ0n) is 14.1. The van der Waals surface area contributed by atoms with Crippen LogP contribution >= 0.6 is 11.8 Å². The molecule has 5 nitrogen and oxygen atoms in total. The van der Waals surface area contributed by atoms with E-state index in [0.717, 1.165) is 17.1 Å². The second kappa shape index (κ2) is 8.93. The summed E-state index contributed by atoms with van der Waals surface area (Å²) in [5.74, 6) is -0.0138. The summed E-state index contributed by atoms with van der Waals surface area (Å²) in [5, 5.41) is 11.5. The maximum atomic E-state index is 12.1. The monoisotopic (exact) mass is 339 g/mol. The number of esters is 1. The van der Waals surface area contributed by atoms with Gasteiger partial charge >= 0.3 is 5.97 Å². The number of ether oxygens (including phenoxy) is 1. The van der Waals surface area contributed by atoms with Gasteiger partial charge in [-0.2, -0.15) is 0 Å². The van der Waals surface area contributed by atoms with E-state index in [9.17, 15) is 9.59 Å². The molecule has 0 aliphatic carbocycles. The summed E-state index contributed by atoms with van der Waals surface area (Å²) < 4.78 is 5.19. The molecule has 0 heterocycles. The van der Waals surface area contributed by atoms with Gasteiger partial charge in [0, 0.05) is 22.8 Å². The Kier molecular flexibility index (Phi) is 7.58. The molecule has 1 aromatic carbocycles. The second-order valence-electron chi connectivity index (χ2n) is 6.24. The number of thioether (sulfide) groups is 1. The van der Waals surface area contributed by atoms with Gasteiger partial charge in [-0.25, -0.2) is 4.79 Å². The number of carbonyl (C=O) groups is 2. The Morgan fingerprint density at radius 2 is 1.87 bits per heavy atom. The van der Waals surface area contributed by atoms with Crippen molar-refractivity contribution in [3.05, 3.63) is 29.8 Å². The molecule has 0 aromatic heterocycles. The molecule has 128 valence electrons. The lowest BCUT2D eigenvalue weighted by molar-refractivity contribution is -0.130. The number of amides is 1. The van der Waals surface area contributed by atoms with Crippen LogP contribution in [0.1, 0.15) is 44.5 Å². The van der Waals surface area contributed by atoms with Gasteiger partial charge in [0.05, 0.1) is 5.56 Å². The molecule has 0 fully saturated rings. The van der Waals surface area contributed by atoms with E-state index in [1.54, 1.807) is 30.8 Å². The van der Waals surface area contributed by atoms with Gasteiger partial charge in [0.1, 0.15) is 0 Å². The summed E-state index contributed by atoms with van der Waals surface area (Å²) in [4.78, 5) is 25.0. The molecule has 1 aromatic rings. The van der Waals surface area contributed by atoms with Gasteiger partial charge in [0.15, 0.2) is 6.10 Å². The fourth-order valence-corrected chi connectivity index (χ4v) is 2.53. The largest absolute Gasteiger partial charge is 0.449 e. The number of aliphatic hydroxyl groups excluding tert-OH is 1. The highest BCUT2D eigenvalue weighted by Gasteiger charge is 2.22. The molecule has 6 heteroatoms. The summed E-state index contributed by atoms with van der Waals surface area (Å²) in [6, 6.07) is 7.02. The summed E-state index contributed by atoms with van der Waals surface area (Å²) in [7, 11) is 0. The maximum absolute atomic E-state index is 12.1. The molecule has 1 rings (SSSR count). The van der Waals surface area contributed by atoms with Crippen LogP contribution < -0.4 is 5.32 Å². The van der Waals surface area contributed by atoms with E-state index < -0.39 is 12.1 Å². The zero-order chi connectivity index (χ0) is 17.5. The van der Waals surface area contributed by atoms with Crippen molar-refractivity contribution in [3.8, 4) is 0 Å². The third-order valence-corrected chi connectivity index (χ3v) is 3.91. The number of rotatable bonds is 7. The lowest BCUT2D eigenvalue weighted by atomic mass is 10.1. The molecule has 0 saturated heterocycles. The standard InChI is InChI=1S/C17H25NO4S/c1-12(15(20)18-17(2,3)4)22-16(21)13-6-8-14(9-7-13)23-11-5-10-19/h6-9,12,19H,5,10-11H2,1-4H3,(H,18,20)/t12-/m0/s1. The van der Waals surface area contributed by atoms with Gasteiger partial charge < -0.3 is 15.2 Å². The molecule has 0 aliphatic rings. The predicted octanol–water partition coefficient (Wildman–Crippen LogP) is 2.62. The molecule has 23 heavy (non-hydrogen) atoms. The van der Waals surface area contributed by atoms with E-state index in [4.69, 9.17) is 9.84 Å². The van der Waals surface area contributed by atoms with Crippen molar-refractivity contribution in [1.29, 1.82) is 0 Å². The van der Waals surface area contributed by atoms with E-state index in [1.165, 1.54) is 0 Å². The number of benzene rings is 1. The van der Waals surface area contributed by atoms with Crippen molar-refractivity contribution >= 4 is 23.6 Å². The van der Waals surface area contributed by atoms with Crippen molar-refractivity contribution < 1.29 is 19.4 Å². The van der Waals surface area contributed by atoms with Gasteiger partial charge in [-0.05, 0) is 58.4 Å². The number of aliphatic hydroxyl groups is 1. The van der Waals surface area contributed by atoms with Gasteiger partial charge in [-0.15, -0.1) is 11.8 Å². The lowest BCUT2D eigenvalue weighted by Crippen LogP contribution is -2.46. The van der Waals surface area contributed by atoms with Crippen molar-refractivity contribution in [1.82, 2.24) is 5.32 Å². The molecule has 0 bridgehead atoms. The first-order valence-corrected chi connectivity index (χ1v) is 8.58. The molecule has 0 spiro atoms.